The van der Waals surface area contributed by atoms with E-state index in [1.165, 1.54) is 98.0 Å². The highest BCUT2D eigenvalue weighted by Gasteiger charge is 2.61. The SMILES string of the molecule is Bc1c(B)c(B)c(-c2nc(-c3ccc(-c4ccccc4)cc3)nc(-c3cc4c(c5ccccc35)-c3ccccc3C43C4CC5CC(C4)CC3C5)n2)c(B)c1B. The standard InChI is InChI=1S/C47H42B5N3/c48-39-38(40(49)42(51)43(52)41(39)50)46-54-44(28-16-14-27(15-17-28)26-8-2-1-3-9-26)53-45(55-46)34-23-36-37(32-11-5-4-10-31(32)34)33-12-6-7-13-35(33)47(36)29-19-24-18-25(21-29)22-30(47)20-24/h1-17,23-25,29-30H,18-22,48-52H2. The Morgan fingerprint density at radius 1 is 0.418 bits per heavy atom. The smallest absolute Gasteiger partial charge is 0.164 e. The summed E-state index contributed by atoms with van der Waals surface area (Å²) in [5, 5.41) is 2.53. The molecule has 0 aliphatic heterocycles. The van der Waals surface area contributed by atoms with Crippen molar-refractivity contribution < 1.29 is 0 Å². The molecule has 12 rings (SSSR count). The molecule has 0 amide bonds. The number of hydrogen-bond acceptors (Lipinski definition) is 3. The zero-order chi connectivity index (χ0) is 37.2. The van der Waals surface area contributed by atoms with Crippen molar-refractivity contribution in [3.8, 4) is 56.4 Å². The fourth-order valence-electron chi connectivity index (χ4n) is 12.2. The van der Waals surface area contributed by atoms with Crippen molar-refractivity contribution in [3.63, 3.8) is 0 Å². The van der Waals surface area contributed by atoms with Gasteiger partial charge in [0.15, 0.2) is 17.5 Å². The van der Waals surface area contributed by atoms with Crippen LogP contribution < -0.4 is 27.3 Å². The Labute approximate surface area is 328 Å². The van der Waals surface area contributed by atoms with Crippen LogP contribution in [0.25, 0.3) is 67.2 Å². The van der Waals surface area contributed by atoms with Gasteiger partial charge in [0, 0.05) is 22.1 Å². The van der Waals surface area contributed by atoms with Crippen LogP contribution >= 0.6 is 0 Å². The number of fused-ring (bicyclic) bond motifs is 5. The van der Waals surface area contributed by atoms with Crippen LogP contribution in [0.4, 0.5) is 0 Å². The van der Waals surface area contributed by atoms with Gasteiger partial charge < -0.3 is 0 Å². The van der Waals surface area contributed by atoms with Gasteiger partial charge in [0.05, 0.1) is 0 Å². The van der Waals surface area contributed by atoms with Gasteiger partial charge >= 0.3 is 0 Å². The largest absolute Gasteiger partial charge is 0.208 e. The molecule has 0 saturated heterocycles. The maximum atomic E-state index is 5.53. The van der Waals surface area contributed by atoms with E-state index < -0.39 is 0 Å². The molecular formula is C47H42B5N3. The molecule has 7 aromatic rings. The van der Waals surface area contributed by atoms with Crippen LogP contribution in [0, 0.1) is 23.7 Å². The predicted molar refractivity (Wildman–Crippen MR) is 243 cm³/mol. The lowest BCUT2D eigenvalue weighted by atomic mass is 9.43. The van der Waals surface area contributed by atoms with Crippen LogP contribution in [0.2, 0.25) is 0 Å². The van der Waals surface area contributed by atoms with E-state index in [4.69, 9.17) is 15.0 Å². The average Bonchev–Trinajstić information content (AvgIpc) is 3.52. The monoisotopic (exact) mass is 703 g/mol. The van der Waals surface area contributed by atoms with Gasteiger partial charge in [-0.1, -0.05) is 114 Å². The molecule has 4 fully saturated rings. The molecule has 4 bridgehead atoms. The summed E-state index contributed by atoms with van der Waals surface area (Å²) in [6.07, 6.45) is 6.86. The van der Waals surface area contributed by atoms with Crippen LogP contribution in [0.3, 0.4) is 0 Å². The zero-order valence-electron chi connectivity index (χ0n) is 32.6. The van der Waals surface area contributed by atoms with Crippen molar-refractivity contribution in [2.45, 2.75) is 37.5 Å². The number of nitrogens with zero attached hydrogens (tertiary/aromatic N) is 3. The first-order valence-electron chi connectivity index (χ1n) is 20.5. The molecule has 260 valence electrons. The van der Waals surface area contributed by atoms with E-state index >= 15 is 0 Å². The number of aromatic nitrogens is 3. The van der Waals surface area contributed by atoms with Gasteiger partial charge in [-0.2, -0.15) is 0 Å². The van der Waals surface area contributed by atoms with Crippen LogP contribution in [0.15, 0.2) is 109 Å². The minimum absolute atomic E-state index is 0.0441. The summed E-state index contributed by atoms with van der Waals surface area (Å²) < 4.78 is 0. The third-order valence-corrected chi connectivity index (χ3v) is 14.9. The van der Waals surface area contributed by atoms with Gasteiger partial charge in [-0.15, -0.1) is 16.4 Å². The van der Waals surface area contributed by atoms with Gasteiger partial charge in [0.2, 0.25) is 0 Å². The fourth-order valence-corrected chi connectivity index (χ4v) is 12.2. The second kappa shape index (κ2) is 12.2. The van der Waals surface area contributed by atoms with Crippen LogP contribution in [-0.2, 0) is 5.41 Å². The van der Waals surface area contributed by atoms with Gasteiger partial charge in [-0.05, 0) is 106 Å². The van der Waals surface area contributed by atoms with E-state index in [1.54, 1.807) is 5.56 Å². The first-order chi connectivity index (χ1) is 26.8. The van der Waals surface area contributed by atoms with Crippen molar-refractivity contribution in [2.24, 2.45) is 23.7 Å². The number of hydrogen-bond donors (Lipinski definition) is 0. The summed E-state index contributed by atoms with van der Waals surface area (Å²) in [4.78, 5) is 16.3. The van der Waals surface area contributed by atoms with Crippen LogP contribution in [0.1, 0.15) is 43.2 Å². The molecule has 0 radical (unpaired) electrons. The Kier molecular flexibility index (Phi) is 7.38. The highest BCUT2D eigenvalue weighted by atomic mass is 15.0. The molecule has 1 heterocycles. The molecule has 6 aromatic carbocycles. The first kappa shape index (κ1) is 33.3. The summed E-state index contributed by atoms with van der Waals surface area (Å²) >= 11 is 0. The van der Waals surface area contributed by atoms with Crippen molar-refractivity contribution >= 4 is 77.3 Å². The molecule has 1 spiro atoms. The maximum Gasteiger partial charge on any atom is 0.164 e. The Hall–Kier alpha value is -5.09. The Morgan fingerprint density at radius 2 is 0.945 bits per heavy atom. The minimum Gasteiger partial charge on any atom is -0.208 e. The van der Waals surface area contributed by atoms with Crippen molar-refractivity contribution in [1.29, 1.82) is 0 Å². The number of rotatable bonds is 4. The Bertz CT molecular complexity index is 2670. The summed E-state index contributed by atoms with van der Waals surface area (Å²) in [6, 6.07) is 40.4. The molecule has 0 unspecified atom stereocenters. The second-order valence-electron chi connectivity index (χ2n) is 17.4. The van der Waals surface area contributed by atoms with Gasteiger partial charge in [-0.25, -0.2) is 15.0 Å². The highest BCUT2D eigenvalue weighted by molar-refractivity contribution is 6.68. The van der Waals surface area contributed by atoms with E-state index in [-0.39, 0.29) is 5.41 Å². The second-order valence-corrected chi connectivity index (χ2v) is 17.4. The Morgan fingerprint density at radius 3 is 1.64 bits per heavy atom. The summed E-state index contributed by atoms with van der Waals surface area (Å²) in [5.41, 5.74) is 18.1. The van der Waals surface area contributed by atoms with Crippen molar-refractivity contribution in [3.05, 3.63) is 120 Å². The molecule has 3 nitrogen and oxygen atoms in total. The van der Waals surface area contributed by atoms with E-state index in [1.807, 2.05) is 0 Å². The fraction of sp³-hybridized carbons (Fsp3) is 0.213. The summed E-state index contributed by atoms with van der Waals surface area (Å²) in [6.45, 7) is 0. The maximum absolute atomic E-state index is 5.53. The van der Waals surface area contributed by atoms with E-state index in [2.05, 4.69) is 148 Å². The van der Waals surface area contributed by atoms with Crippen LogP contribution in [-0.4, -0.2) is 54.2 Å². The normalized spacial score (nSPS) is 23.0. The molecule has 8 heteroatoms. The molecule has 55 heavy (non-hydrogen) atoms. The van der Waals surface area contributed by atoms with E-state index in [9.17, 15) is 0 Å². The van der Waals surface area contributed by atoms with Gasteiger partial charge in [0.25, 0.3) is 0 Å². The predicted octanol–water partition coefficient (Wildman–Crippen LogP) is 2.71. The minimum atomic E-state index is 0.0441. The zero-order valence-corrected chi connectivity index (χ0v) is 32.6. The topological polar surface area (TPSA) is 38.7 Å². The lowest BCUT2D eigenvalue weighted by molar-refractivity contribution is -0.0399. The lowest BCUT2D eigenvalue weighted by Crippen LogP contribution is -2.55. The van der Waals surface area contributed by atoms with Crippen molar-refractivity contribution in [1.82, 2.24) is 15.0 Å². The highest BCUT2D eigenvalue weighted by Crippen LogP contribution is 2.70. The first-order valence-corrected chi connectivity index (χ1v) is 20.5. The van der Waals surface area contributed by atoms with Gasteiger partial charge in [-0.3, -0.25) is 0 Å². The summed E-state index contributed by atoms with van der Waals surface area (Å²) in [7, 11) is 11.2. The molecule has 1 aromatic heterocycles. The quantitative estimate of drug-likeness (QED) is 0.265. The van der Waals surface area contributed by atoms with Gasteiger partial charge in [0.1, 0.15) is 39.2 Å². The Balaban J connectivity index is 1.18. The molecule has 5 aliphatic carbocycles. The molecule has 5 aliphatic rings. The third-order valence-electron chi connectivity index (χ3n) is 14.9. The third kappa shape index (κ3) is 4.73. The van der Waals surface area contributed by atoms with E-state index in [0.717, 1.165) is 40.2 Å². The molecule has 0 atom stereocenters. The van der Waals surface area contributed by atoms with E-state index in [0.29, 0.717) is 17.7 Å². The molecule has 0 N–H and O–H groups in total. The average molecular weight is 703 g/mol. The summed E-state index contributed by atoms with van der Waals surface area (Å²) in [5.74, 6) is 5.36. The molecule has 4 saturated carbocycles. The van der Waals surface area contributed by atoms with Crippen molar-refractivity contribution in [2.75, 3.05) is 0 Å². The molecular weight excluding hydrogens is 661 g/mol. The number of benzene rings is 6. The van der Waals surface area contributed by atoms with Crippen LogP contribution in [0.5, 0.6) is 0 Å². The lowest BCUT2D eigenvalue weighted by Gasteiger charge is -2.61.